The van der Waals surface area contributed by atoms with Crippen LogP contribution in [0.25, 0.3) is 5.82 Å². The number of nitrogens with one attached hydrogen (secondary N) is 1. The van der Waals surface area contributed by atoms with Gasteiger partial charge in [-0.3, -0.25) is 9.36 Å². The molecule has 122 valence electrons. The van der Waals surface area contributed by atoms with Gasteiger partial charge in [0.05, 0.1) is 11.9 Å². The molecule has 0 spiro atoms. The Balaban J connectivity index is 1.54. The Morgan fingerprint density at radius 3 is 2.83 bits per heavy atom. The van der Waals surface area contributed by atoms with Crippen LogP contribution < -0.4 is 5.32 Å². The highest BCUT2D eigenvalue weighted by Crippen LogP contribution is 2.29. The molecule has 0 saturated heterocycles. The Hall–Kier alpha value is -2.17. The molecule has 1 atom stereocenters. The van der Waals surface area contributed by atoms with E-state index in [1.165, 1.54) is 32.1 Å². The lowest BCUT2D eigenvalue weighted by atomic mass is 9.83. The predicted octanol–water partition coefficient (Wildman–Crippen LogP) is 3.81. The Labute approximate surface area is 137 Å². The summed E-state index contributed by atoms with van der Waals surface area (Å²) in [6, 6.07) is 3.76. The Kier molecular flexibility index (Phi) is 5.05. The van der Waals surface area contributed by atoms with Gasteiger partial charge in [0.15, 0.2) is 0 Å². The summed E-state index contributed by atoms with van der Waals surface area (Å²) in [5.41, 5.74) is 0.745. The quantitative estimate of drug-likeness (QED) is 0.913. The highest BCUT2D eigenvalue weighted by molar-refractivity contribution is 5.92. The first-order chi connectivity index (χ1) is 11.2. The van der Waals surface area contributed by atoms with Crippen molar-refractivity contribution in [2.24, 2.45) is 11.8 Å². The van der Waals surface area contributed by atoms with Gasteiger partial charge in [-0.25, -0.2) is 9.97 Å². The molecule has 1 saturated carbocycles. The number of amides is 1. The second kappa shape index (κ2) is 7.40. The lowest BCUT2D eigenvalue weighted by Gasteiger charge is -2.24. The van der Waals surface area contributed by atoms with Gasteiger partial charge < -0.3 is 5.32 Å². The van der Waals surface area contributed by atoms with Crippen molar-refractivity contribution in [3.8, 4) is 5.82 Å². The summed E-state index contributed by atoms with van der Waals surface area (Å²) in [5.74, 6) is 1.64. The zero-order chi connectivity index (χ0) is 16.1. The average Bonchev–Trinajstić information content (AvgIpc) is 3.11. The molecule has 2 aromatic rings. The first kappa shape index (κ1) is 15.7. The molecule has 1 amide bonds. The molecule has 1 fully saturated rings. The van der Waals surface area contributed by atoms with Crippen LogP contribution in [0.5, 0.6) is 0 Å². The lowest BCUT2D eigenvalue weighted by Crippen LogP contribution is -2.23. The SMILES string of the molecule is CC(CC1CCCCC1)C(=O)Nc1ccc(-n2ccnc2)nc1. The van der Waals surface area contributed by atoms with E-state index in [0.717, 1.165) is 17.9 Å². The average molecular weight is 312 g/mol. The van der Waals surface area contributed by atoms with E-state index in [0.29, 0.717) is 5.92 Å². The minimum atomic E-state index is 0.0476. The maximum Gasteiger partial charge on any atom is 0.227 e. The van der Waals surface area contributed by atoms with Crippen LogP contribution in [-0.2, 0) is 4.79 Å². The number of aromatic nitrogens is 3. The van der Waals surface area contributed by atoms with Crippen LogP contribution in [0.1, 0.15) is 45.4 Å². The maximum atomic E-state index is 12.3. The van der Waals surface area contributed by atoms with E-state index in [1.54, 1.807) is 18.7 Å². The fraction of sp³-hybridized carbons (Fsp3) is 0.500. The number of nitrogens with zero attached hydrogens (tertiary/aromatic N) is 3. The van der Waals surface area contributed by atoms with Crippen LogP contribution in [-0.4, -0.2) is 20.4 Å². The molecule has 5 nitrogen and oxygen atoms in total. The zero-order valence-electron chi connectivity index (χ0n) is 13.6. The zero-order valence-corrected chi connectivity index (χ0v) is 13.6. The van der Waals surface area contributed by atoms with Gasteiger partial charge in [0.1, 0.15) is 12.1 Å². The van der Waals surface area contributed by atoms with E-state index in [1.807, 2.05) is 29.8 Å². The van der Waals surface area contributed by atoms with Crippen LogP contribution in [0, 0.1) is 11.8 Å². The Bertz CT molecular complexity index is 615. The molecule has 0 aliphatic heterocycles. The number of hydrogen-bond acceptors (Lipinski definition) is 3. The standard InChI is InChI=1S/C18H24N4O/c1-14(11-15-5-3-2-4-6-15)18(23)21-16-7-8-17(20-12-16)22-10-9-19-13-22/h7-10,12-15H,2-6,11H2,1H3,(H,21,23). The highest BCUT2D eigenvalue weighted by Gasteiger charge is 2.20. The molecule has 2 heterocycles. The lowest BCUT2D eigenvalue weighted by molar-refractivity contribution is -0.120. The number of pyridine rings is 1. The van der Waals surface area contributed by atoms with Gasteiger partial charge in [-0.05, 0) is 24.5 Å². The maximum absolute atomic E-state index is 12.3. The van der Waals surface area contributed by atoms with Gasteiger partial charge >= 0.3 is 0 Å². The van der Waals surface area contributed by atoms with Crippen molar-refractivity contribution in [1.29, 1.82) is 0 Å². The number of rotatable bonds is 5. The van der Waals surface area contributed by atoms with Crippen LogP contribution in [0.15, 0.2) is 37.1 Å². The topological polar surface area (TPSA) is 59.8 Å². The van der Waals surface area contributed by atoms with Gasteiger partial charge in [0.25, 0.3) is 0 Å². The highest BCUT2D eigenvalue weighted by atomic mass is 16.1. The molecule has 3 rings (SSSR count). The van der Waals surface area contributed by atoms with Gasteiger partial charge in [-0.2, -0.15) is 0 Å². The van der Waals surface area contributed by atoms with Crippen LogP contribution in [0.4, 0.5) is 5.69 Å². The number of anilines is 1. The van der Waals surface area contributed by atoms with Crippen molar-refractivity contribution in [2.75, 3.05) is 5.32 Å². The summed E-state index contributed by atoms with van der Waals surface area (Å²) >= 11 is 0. The van der Waals surface area contributed by atoms with E-state index in [9.17, 15) is 4.79 Å². The van der Waals surface area contributed by atoms with Crippen LogP contribution in [0.3, 0.4) is 0 Å². The molecule has 5 heteroatoms. The second-order valence-electron chi connectivity index (χ2n) is 6.51. The normalized spacial score (nSPS) is 16.9. The molecule has 0 bridgehead atoms. The van der Waals surface area contributed by atoms with Gasteiger partial charge in [-0.15, -0.1) is 0 Å². The molecule has 1 aliphatic rings. The number of carbonyl (C=O) groups is 1. The summed E-state index contributed by atoms with van der Waals surface area (Å²) in [6.07, 6.45) is 14.5. The molecule has 1 unspecified atom stereocenters. The monoisotopic (exact) mass is 312 g/mol. The third-order valence-electron chi connectivity index (χ3n) is 4.64. The van der Waals surface area contributed by atoms with E-state index < -0.39 is 0 Å². The molecular weight excluding hydrogens is 288 g/mol. The van der Waals surface area contributed by atoms with Crippen molar-refractivity contribution in [2.45, 2.75) is 45.4 Å². The predicted molar refractivity (Wildman–Crippen MR) is 90.3 cm³/mol. The van der Waals surface area contributed by atoms with E-state index in [2.05, 4.69) is 15.3 Å². The third kappa shape index (κ3) is 4.18. The first-order valence-electron chi connectivity index (χ1n) is 8.47. The van der Waals surface area contributed by atoms with Crippen molar-refractivity contribution >= 4 is 11.6 Å². The van der Waals surface area contributed by atoms with Crippen molar-refractivity contribution in [3.05, 3.63) is 37.1 Å². The molecule has 0 aromatic carbocycles. The molecule has 1 aliphatic carbocycles. The molecule has 23 heavy (non-hydrogen) atoms. The Morgan fingerprint density at radius 1 is 1.35 bits per heavy atom. The second-order valence-corrected chi connectivity index (χ2v) is 6.51. The van der Waals surface area contributed by atoms with Gasteiger partial charge in [0.2, 0.25) is 5.91 Å². The van der Waals surface area contributed by atoms with Crippen molar-refractivity contribution in [1.82, 2.24) is 14.5 Å². The summed E-state index contributed by atoms with van der Waals surface area (Å²) in [5, 5.41) is 2.98. The fourth-order valence-electron chi connectivity index (χ4n) is 3.30. The van der Waals surface area contributed by atoms with Crippen molar-refractivity contribution < 1.29 is 4.79 Å². The first-order valence-corrected chi connectivity index (χ1v) is 8.47. The summed E-state index contributed by atoms with van der Waals surface area (Å²) in [7, 11) is 0. The van der Waals surface area contributed by atoms with Gasteiger partial charge in [-0.1, -0.05) is 39.0 Å². The Morgan fingerprint density at radius 2 is 2.17 bits per heavy atom. The van der Waals surface area contributed by atoms with Gasteiger partial charge in [0, 0.05) is 18.3 Å². The number of hydrogen-bond donors (Lipinski definition) is 1. The fourth-order valence-corrected chi connectivity index (χ4v) is 3.30. The summed E-state index contributed by atoms with van der Waals surface area (Å²) in [4.78, 5) is 20.7. The molecule has 2 aromatic heterocycles. The largest absolute Gasteiger partial charge is 0.324 e. The minimum Gasteiger partial charge on any atom is -0.324 e. The molecule has 1 N–H and O–H groups in total. The minimum absolute atomic E-state index is 0.0476. The van der Waals surface area contributed by atoms with Crippen LogP contribution in [0.2, 0.25) is 0 Å². The van der Waals surface area contributed by atoms with Crippen molar-refractivity contribution in [3.63, 3.8) is 0 Å². The summed E-state index contributed by atoms with van der Waals surface area (Å²) < 4.78 is 1.83. The third-order valence-corrected chi connectivity index (χ3v) is 4.64. The summed E-state index contributed by atoms with van der Waals surface area (Å²) in [6.45, 7) is 2.03. The number of imidazole rings is 1. The van der Waals surface area contributed by atoms with E-state index >= 15 is 0 Å². The molecular formula is C18H24N4O. The van der Waals surface area contributed by atoms with E-state index in [4.69, 9.17) is 0 Å². The van der Waals surface area contributed by atoms with Crippen LogP contribution >= 0.6 is 0 Å². The van der Waals surface area contributed by atoms with E-state index in [-0.39, 0.29) is 11.8 Å². The number of carbonyl (C=O) groups excluding carboxylic acids is 1. The molecule has 0 radical (unpaired) electrons. The smallest absolute Gasteiger partial charge is 0.227 e.